The number of hydrogen-bond acceptors (Lipinski definition) is 5. The molecule has 1 aromatic carbocycles. The van der Waals surface area contributed by atoms with Gasteiger partial charge in [0.25, 0.3) is 0 Å². The van der Waals surface area contributed by atoms with Crippen LogP contribution in [0.25, 0.3) is 0 Å². The summed E-state index contributed by atoms with van der Waals surface area (Å²) in [6, 6.07) is 3.45. The van der Waals surface area contributed by atoms with E-state index in [4.69, 9.17) is 14.2 Å². The van der Waals surface area contributed by atoms with E-state index < -0.39 is 0 Å². The van der Waals surface area contributed by atoms with Gasteiger partial charge in [-0.2, -0.15) is 0 Å². The summed E-state index contributed by atoms with van der Waals surface area (Å²) in [4.78, 5) is 25.7. The Labute approximate surface area is 149 Å². The molecule has 2 amide bonds. The van der Waals surface area contributed by atoms with Crippen LogP contribution in [0, 0.1) is 0 Å². The zero-order valence-corrected chi connectivity index (χ0v) is 16.1. The standard InChI is InChI=1S/C18H28N2O5/c1-18(2,3)19-15(21)11-20(4)16(22)10-12-8-13(23-5)17(25-7)14(9-12)24-6/h8-9H,10-11H2,1-7H3,(H,19,21). The average Bonchev–Trinajstić information content (AvgIpc) is 2.51. The van der Waals surface area contributed by atoms with Crippen LogP contribution in [0.1, 0.15) is 26.3 Å². The van der Waals surface area contributed by atoms with Gasteiger partial charge in [0.05, 0.1) is 34.3 Å². The van der Waals surface area contributed by atoms with Gasteiger partial charge >= 0.3 is 0 Å². The molecule has 0 aliphatic rings. The molecule has 0 aromatic heterocycles. The zero-order valence-electron chi connectivity index (χ0n) is 16.1. The van der Waals surface area contributed by atoms with E-state index in [1.165, 1.54) is 26.2 Å². The van der Waals surface area contributed by atoms with Crippen LogP contribution in [-0.4, -0.2) is 57.2 Å². The van der Waals surface area contributed by atoms with E-state index in [9.17, 15) is 9.59 Å². The third kappa shape index (κ3) is 6.17. The Morgan fingerprint density at radius 2 is 1.56 bits per heavy atom. The Morgan fingerprint density at radius 1 is 1.04 bits per heavy atom. The first-order valence-electron chi connectivity index (χ1n) is 7.95. The van der Waals surface area contributed by atoms with Crippen LogP contribution in [0.4, 0.5) is 0 Å². The fourth-order valence-electron chi connectivity index (χ4n) is 2.31. The van der Waals surface area contributed by atoms with E-state index in [1.54, 1.807) is 19.2 Å². The minimum atomic E-state index is -0.336. The Kier molecular flexibility index (Phi) is 7.09. The maximum atomic E-state index is 12.4. The van der Waals surface area contributed by atoms with Gasteiger partial charge in [-0.25, -0.2) is 0 Å². The van der Waals surface area contributed by atoms with E-state index in [1.807, 2.05) is 20.8 Å². The van der Waals surface area contributed by atoms with E-state index in [2.05, 4.69) is 5.32 Å². The van der Waals surface area contributed by atoms with Crippen molar-refractivity contribution in [1.29, 1.82) is 0 Å². The fraction of sp³-hybridized carbons (Fsp3) is 0.556. The molecule has 25 heavy (non-hydrogen) atoms. The molecule has 0 bridgehead atoms. The number of nitrogens with zero attached hydrogens (tertiary/aromatic N) is 1. The van der Waals surface area contributed by atoms with Crippen molar-refractivity contribution in [1.82, 2.24) is 10.2 Å². The molecule has 0 spiro atoms. The topological polar surface area (TPSA) is 77.1 Å². The monoisotopic (exact) mass is 352 g/mol. The largest absolute Gasteiger partial charge is 0.493 e. The highest BCUT2D eigenvalue weighted by molar-refractivity contribution is 5.86. The van der Waals surface area contributed by atoms with Crippen LogP contribution >= 0.6 is 0 Å². The molecule has 7 nitrogen and oxygen atoms in total. The molecule has 0 aliphatic carbocycles. The molecule has 7 heteroatoms. The summed E-state index contributed by atoms with van der Waals surface area (Å²) < 4.78 is 15.8. The molecule has 0 radical (unpaired) electrons. The highest BCUT2D eigenvalue weighted by Gasteiger charge is 2.19. The van der Waals surface area contributed by atoms with Crippen LogP contribution in [0.2, 0.25) is 0 Å². The lowest BCUT2D eigenvalue weighted by Crippen LogP contribution is -2.46. The number of rotatable bonds is 7. The quantitative estimate of drug-likeness (QED) is 0.807. The van der Waals surface area contributed by atoms with Crippen LogP contribution in [-0.2, 0) is 16.0 Å². The second-order valence-electron chi connectivity index (χ2n) is 6.76. The number of carbonyl (C=O) groups excluding carboxylic acids is 2. The molecule has 0 saturated carbocycles. The average molecular weight is 352 g/mol. The van der Waals surface area contributed by atoms with Crippen molar-refractivity contribution in [2.45, 2.75) is 32.7 Å². The van der Waals surface area contributed by atoms with Gasteiger partial charge in [-0.15, -0.1) is 0 Å². The number of methoxy groups -OCH3 is 3. The van der Waals surface area contributed by atoms with E-state index >= 15 is 0 Å². The van der Waals surface area contributed by atoms with E-state index in [-0.39, 0.29) is 30.3 Å². The third-order valence-corrected chi connectivity index (χ3v) is 3.40. The third-order valence-electron chi connectivity index (χ3n) is 3.40. The van der Waals surface area contributed by atoms with Crippen LogP contribution in [0.5, 0.6) is 17.2 Å². The summed E-state index contributed by atoms with van der Waals surface area (Å²) in [7, 11) is 6.16. The lowest BCUT2D eigenvalue weighted by Gasteiger charge is -2.23. The van der Waals surface area contributed by atoms with Crippen molar-refractivity contribution in [3.63, 3.8) is 0 Å². The fourth-order valence-corrected chi connectivity index (χ4v) is 2.31. The molecule has 140 valence electrons. The minimum absolute atomic E-state index is 0.000524. The molecule has 0 unspecified atom stereocenters. The Morgan fingerprint density at radius 3 is 1.96 bits per heavy atom. The first-order chi connectivity index (χ1) is 11.6. The zero-order chi connectivity index (χ0) is 19.2. The van der Waals surface area contributed by atoms with Crippen molar-refractivity contribution in [2.24, 2.45) is 0 Å². The van der Waals surface area contributed by atoms with Crippen LogP contribution < -0.4 is 19.5 Å². The predicted molar refractivity (Wildman–Crippen MR) is 95.3 cm³/mol. The van der Waals surface area contributed by atoms with Crippen LogP contribution in [0.3, 0.4) is 0 Å². The number of benzene rings is 1. The molecule has 1 aromatic rings. The molecule has 0 aliphatic heterocycles. The van der Waals surface area contributed by atoms with Gasteiger partial charge in [0.1, 0.15) is 0 Å². The number of likely N-dealkylation sites (N-methyl/N-ethyl adjacent to an activating group) is 1. The maximum absolute atomic E-state index is 12.4. The summed E-state index contributed by atoms with van der Waals surface area (Å²) in [5.41, 5.74) is 0.375. The first-order valence-corrected chi connectivity index (χ1v) is 7.95. The molecular formula is C18H28N2O5. The maximum Gasteiger partial charge on any atom is 0.240 e. The van der Waals surface area contributed by atoms with Gasteiger partial charge in [-0.3, -0.25) is 9.59 Å². The molecule has 0 atom stereocenters. The summed E-state index contributed by atoms with van der Waals surface area (Å²) in [5.74, 6) is 1.06. The SMILES string of the molecule is COc1cc(CC(=O)N(C)CC(=O)NC(C)(C)C)cc(OC)c1OC. The van der Waals surface area contributed by atoms with Crippen LogP contribution in [0.15, 0.2) is 12.1 Å². The van der Waals surface area contributed by atoms with Crippen molar-refractivity contribution < 1.29 is 23.8 Å². The molecule has 0 fully saturated rings. The van der Waals surface area contributed by atoms with Crippen molar-refractivity contribution in [2.75, 3.05) is 34.9 Å². The number of ether oxygens (including phenoxy) is 3. The summed E-state index contributed by atoms with van der Waals surface area (Å²) in [6.45, 7) is 5.68. The second kappa shape index (κ2) is 8.60. The molecule has 1 N–H and O–H groups in total. The molecule has 0 saturated heterocycles. The van der Waals surface area contributed by atoms with Gasteiger partial charge in [0.2, 0.25) is 17.6 Å². The number of nitrogens with one attached hydrogen (secondary N) is 1. The van der Waals surface area contributed by atoms with Gasteiger partial charge in [-0.05, 0) is 38.5 Å². The van der Waals surface area contributed by atoms with Gasteiger partial charge in [0.15, 0.2) is 11.5 Å². The summed E-state index contributed by atoms with van der Waals surface area (Å²) in [5, 5.41) is 2.83. The second-order valence-corrected chi connectivity index (χ2v) is 6.76. The molecule has 0 heterocycles. The van der Waals surface area contributed by atoms with Gasteiger partial charge in [0, 0.05) is 12.6 Å². The molecular weight excluding hydrogens is 324 g/mol. The Bertz CT molecular complexity index is 597. The molecule has 1 rings (SSSR count). The minimum Gasteiger partial charge on any atom is -0.493 e. The smallest absolute Gasteiger partial charge is 0.240 e. The van der Waals surface area contributed by atoms with Crippen molar-refractivity contribution in [3.8, 4) is 17.2 Å². The lowest BCUT2D eigenvalue weighted by atomic mass is 10.1. The Hall–Kier alpha value is -2.44. The van der Waals surface area contributed by atoms with Gasteiger partial charge < -0.3 is 24.4 Å². The predicted octanol–water partition coefficient (Wildman–Crippen LogP) is 1.63. The normalized spacial score (nSPS) is 10.8. The number of carbonyl (C=O) groups is 2. The highest BCUT2D eigenvalue weighted by atomic mass is 16.5. The van der Waals surface area contributed by atoms with Crippen molar-refractivity contribution in [3.05, 3.63) is 17.7 Å². The summed E-state index contributed by atoms with van der Waals surface area (Å²) in [6.07, 6.45) is 0.121. The number of hydrogen-bond donors (Lipinski definition) is 1. The summed E-state index contributed by atoms with van der Waals surface area (Å²) >= 11 is 0. The highest BCUT2D eigenvalue weighted by Crippen LogP contribution is 2.38. The van der Waals surface area contributed by atoms with E-state index in [0.29, 0.717) is 22.8 Å². The lowest BCUT2D eigenvalue weighted by molar-refractivity contribution is -0.134. The first kappa shape index (κ1) is 20.6. The van der Waals surface area contributed by atoms with E-state index in [0.717, 1.165) is 0 Å². The van der Waals surface area contributed by atoms with Crippen molar-refractivity contribution >= 4 is 11.8 Å². The Balaban J connectivity index is 2.84. The number of amides is 2. The van der Waals surface area contributed by atoms with Gasteiger partial charge in [-0.1, -0.05) is 0 Å².